The third-order valence-corrected chi connectivity index (χ3v) is 1.59. The quantitative estimate of drug-likeness (QED) is 0.750. The lowest BCUT2D eigenvalue weighted by Crippen LogP contribution is -2.09. The van der Waals surface area contributed by atoms with Crippen LogP contribution in [0.1, 0.15) is 13.8 Å². The van der Waals surface area contributed by atoms with Gasteiger partial charge in [0.15, 0.2) is 17.3 Å². The van der Waals surface area contributed by atoms with Crippen molar-refractivity contribution in [1.29, 1.82) is 0 Å². The van der Waals surface area contributed by atoms with E-state index in [4.69, 9.17) is 9.47 Å². The van der Waals surface area contributed by atoms with Crippen LogP contribution in [0, 0.1) is 11.6 Å². The molecule has 1 rings (SSSR count). The number of hydrogen-bond donors (Lipinski definition) is 0. The van der Waals surface area contributed by atoms with E-state index in [-0.39, 0.29) is 17.6 Å². The summed E-state index contributed by atoms with van der Waals surface area (Å²) in [5.74, 6) is -1.94. The highest BCUT2D eigenvalue weighted by Gasteiger charge is 2.16. The monoisotopic (exact) mass is 202 g/mol. The molecular formula is C10H12F2O2. The second-order valence-corrected chi connectivity index (χ2v) is 3.06. The van der Waals surface area contributed by atoms with Crippen LogP contribution in [-0.2, 0) is 0 Å². The summed E-state index contributed by atoms with van der Waals surface area (Å²) in [6.07, 6.45) is -0.286. The first kappa shape index (κ1) is 10.8. The van der Waals surface area contributed by atoms with Crippen LogP contribution in [0.5, 0.6) is 11.5 Å². The van der Waals surface area contributed by atoms with Gasteiger partial charge in [0, 0.05) is 0 Å². The van der Waals surface area contributed by atoms with E-state index < -0.39 is 11.6 Å². The fourth-order valence-electron chi connectivity index (χ4n) is 1.02. The Balaban J connectivity index is 3.11. The van der Waals surface area contributed by atoms with Gasteiger partial charge in [0.2, 0.25) is 5.82 Å². The molecule has 1 aromatic carbocycles. The van der Waals surface area contributed by atoms with Gasteiger partial charge in [0.1, 0.15) is 0 Å². The van der Waals surface area contributed by atoms with E-state index in [1.165, 1.54) is 13.2 Å². The molecule has 2 nitrogen and oxygen atoms in total. The van der Waals surface area contributed by atoms with Crippen LogP contribution in [-0.4, -0.2) is 13.2 Å². The van der Waals surface area contributed by atoms with Crippen molar-refractivity contribution < 1.29 is 18.3 Å². The molecular weight excluding hydrogens is 190 g/mol. The number of hydrogen-bond acceptors (Lipinski definition) is 2. The Morgan fingerprint density at radius 3 is 2.36 bits per heavy atom. The van der Waals surface area contributed by atoms with Crippen LogP contribution in [0.25, 0.3) is 0 Å². The molecule has 0 amide bonds. The maximum Gasteiger partial charge on any atom is 0.209 e. The molecule has 0 saturated heterocycles. The Kier molecular flexibility index (Phi) is 3.28. The predicted molar refractivity (Wildman–Crippen MR) is 48.7 cm³/mol. The number of ether oxygens (including phenoxy) is 2. The number of methoxy groups -OCH3 is 1. The number of halogens is 2. The summed E-state index contributed by atoms with van der Waals surface area (Å²) < 4.78 is 36.2. The minimum absolute atomic E-state index is 0.0259. The molecule has 0 aromatic heterocycles. The molecule has 0 spiro atoms. The average molecular weight is 202 g/mol. The van der Waals surface area contributed by atoms with Gasteiger partial charge in [-0.3, -0.25) is 0 Å². The highest BCUT2D eigenvalue weighted by Crippen LogP contribution is 2.29. The fraction of sp³-hybridized carbons (Fsp3) is 0.400. The average Bonchev–Trinajstić information content (AvgIpc) is 2.12. The zero-order chi connectivity index (χ0) is 10.7. The maximum absolute atomic E-state index is 13.4. The predicted octanol–water partition coefficient (Wildman–Crippen LogP) is 2.76. The maximum atomic E-state index is 13.4. The van der Waals surface area contributed by atoms with Crippen LogP contribution in [0.3, 0.4) is 0 Å². The first-order valence-corrected chi connectivity index (χ1v) is 4.25. The van der Waals surface area contributed by atoms with Crippen LogP contribution >= 0.6 is 0 Å². The van der Waals surface area contributed by atoms with E-state index in [2.05, 4.69) is 0 Å². The van der Waals surface area contributed by atoms with Crippen LogP contribution in [0.2, 0.25) is 0 Å². The lowest BCUT2D eigenvalue weighted by Gasteiger charge is -2.12. The standard InChI is InChI=1S/C10H12F2O2/c1-6(2)14-10-7(11)4-5-8(13-3)9(10)12/h4-6H,1-3H3. The molecule has 1 aromatic rings. The zero-order valence-electron chi connectivity index (χ0n) is 8.30. The molecule has 0 aliphatic rings. The Labute approximate surface area is 81.4 Å². The second-order valence-electron chi connectivity index (χ2n) is 3.06. The Morgan fingerprint density at radius 2 is 1.86 bits per heavy atom. The molecule has 0 saturated carbocycles. The summed E-state index contributed by atoms with van der Waals surface area (Å²) in [6.45, 7) is 3.39. The molecule has 0 radical (unpaired) electrons. The van der Waals surface area contributed by atoms with E-state index in [1.807, 2.05) is 0 Å². The van der Waals surface area contributed by atoms with Crippen molar-refractivity contribution in [1.82, 2.24) is 0 Å². The van der Waals surface area contributed by atoms with Crippen molar-refractivity contribution >= 4 is 0 Å². The molecule has 0 unspecified atom stereocenters. The van der Waals surface area contributed by atoms with Gasteiger partial charge in [-0.15, -0.1) is 0 Å². The van der Waals surface area contributed by atoms with Gasteiger partial charge in [-0.1, -0.05) is 0 Å². The summed E-state index contributed by atoms with van der Waals surface area (Å²) in [4.78, 5) is 0. The van der Waals surface area contributed by atoms with Crippen molar-refractivity contribution in [2.45, 2.75) is 20.0 Å². The first-order chi connectivity index (χ1) is 6.56. The van der Waals surface area contributed by atoms with Crippen molar-refractivity contribution in [2.75, 3.05) is 7.11 Å². The van der Waals surface area contributed by atoms with Gasteiger partial charge in [-0.25, -0.2) is 4.39 Å². The van der Waals surface area contributed by atoms with Gasteiger partial charge in [0.05, 0.1) is 13.2 Å². The summed E-state index contributed by atoms with van der Waals surface area (Å²) in [5, 5.41) is 0. The van der Waals surface area contributed by atoms with E-state index in [0.717, 1.165) is 6.07 Å². The van der Waals surface area contributed by atoms with Crippen molar-refractivity contribution in [2.24, 2.45) is 0 Å². The van der Waals surface area contributed by atoms with E-state index >= 15 is 0 Å². The molecule has 0 fully saturated rings. The van der Waals surface area contributed by atoms with Crippen LogP contribution < -0.4 is 9.47 Å². The van der Waals surface area contributed by atoms with Crippen molar-refractivity contribution in [3.63, 3.8) is 0 Å². The third-order valence-electron chi connectivity index (χ3n) is 1.59. The zero-order valence-corrected chi connectivity index (χ0v) is 8.30. The third kappa shape index (κ3) is 2.13. The lowest BCUT2D eigenvalue weighted by molar-refractivity contribution is 0.216. The summed E-state index contributed by atoms with van der Waals surface area (Å²) in [6, 6.07) is 2.33. The normalized spacial score (nSPS) is 10.4. The van der Waals surface area contributed by atoms with E-state index in [0.29, 0.717) is 0 Å². The minimum Gasteiger partial charge on any atom is -0.494 e. The molecule has 0 aliphatic heterocycles. The molecule has 0 bridgehead atoms. The smallest absolute Gasteiger partial charge is 0.209 e. The summed E-state index contributed by atoms with van der Waals surface area (Å²) >= 11 is 0. The van der Waals surface area contributed by atoms with Gasteiger partial charge >= 0.3 is 0 Å². The minimum atomic E-state index is -0.804. The van der Waals surface area contributed by atoms with Gasteiger partial charge < -0.3 is 9.47 Å². The van der Waals surface area contributed by atoms with Crippen molar-refractivity contribution in [3.05, 3.63) is 23.8 Å². The Bertz CT molecular complexity index is 324. The molecule has 0 aliphatic carbocycles. The molecule has 14 heavy (non-hydrogen) atoms. The second kappa shape index (κ2) is 4.26. The molecule has 4 heteroatoms. The highest BCUT2D eigenvalue weighted by molar-refractivity contribution is 5.37. The Hall–Kier alpha value is -1.32. The van der Waals surface area contributed by atoms with Crippen LogP contribution in [0.4, 0.5) is 8.78 Å². The Morgan fingerprint density at radius 1 is 1.21 bits per heavy atom. The number of benzene rings is 1. The highest BCUT2D eigenvalue weighted by atomic mass is 19.1. The fourth-order valence-corrected chi connectivity index (χ4v) is 1.02. The SMILES string of the molecule is COc1ccc(F)c(OC(C)C)c1F. The van der Waals surface area contributed by atoms with Gasteiger partial charge in [-0.2, -0.15) is 4.39 Å². The summed E-state index contributed by atoms with van der Waals surface area (Å²) in [7, 11) is 1.31. The van der Waals surface area contributed by atoms with Crippen LogP contribution in [0.15, 0.2) is 12.1 Å². The molecule has 78 valence electrons. The first-order valence-electron chi connectivity index (χ1n) is 4.25. The lowest BCUT2D eigenvalue weighted by atomic mass is 10.3. The van der Waals surface area contributed by atoms with Gasteiger partial charge in [-0.05, 0) is 26.0 Å². The molecule has 0 atom stereocenters. The van der Waals surface area contributed by atoms with Gasteiger partial charge in [0.25, 0.3) is 0 Å². The number of rotatable bonds is 3. The molecule has 0 N–H and O–H groups in total. The molecule has 0 heterocycles. The van der Waals surface area contributed by atoms with E-state index in [1.54, 1.807) is 13.8 Å². The topological polar surface area (TPSA) is 18.5 Å². The van der Waals surface area contributed by atoms with Crippen molar-refractivity contribution in [3.8, 4) is 11.5 Å². The largest absolute Gasteiger partial charge is 0.494 e. The van der Waals surface area contributed by atoms with E-state index in [9.17, 15) is 8.78 Å². The summed E-state index contributed by atoms with van der Waals surface area (Å²) in [5.41, 5.74) is 0.